The number of nitrogens with zero attached hydrogens (tertiary/aromatic N) is 3. The second kappa shape index (κ2) is 6.99. The Hall–Kier alpha value is -3.16. The number of hydrogen-bond donors (Lipinski definition) is 1. The Balaban J connectivity index is 1.78. The van der Waals surface area contributed by atoms with Gasteiger partial charge in [0.15, 0.2) is 5.82 Å². The average Bonchev–Trinajstić information content (AvgIpc) is 2.95. The van der Waals surface area contributed by atoms with E-state index in [2.05, 4.69) is 15.4 Å². The van der Waals surface area contributed by atoms with Gasteiger partial charge in [-0.3, -0.25) is 4.79 Å². The van der Waals surface area contributed by atoms with Crippen molar-refractivity contribution in [2.75, 3.05) is 5.32 Å². The van der Waals surface area contributed by atoms with Crippen molar-refractivity contribution in [1.82, 2.24) is 14.8 Å². The van der Waals surface area contributed by atoms with Crippen molar-refractivity contribution in [2.24, 2.45) is 0 Å². The van der Waals surface area contributed by atoms with E-state index in [1.807, 2.05) is 0 Å². The van der Waals surface area contributed by atoms with Gasteiger partial charge in [0.1, 0.15) is 5.82 Å². The van der Waals surface area contributed by atoms with Crippen LogP contribution in [0.5, 0.6) is 0 Å². The summed E-state index contributed by atoms with van der Waals surface area (Å²) in [6, 6.07) is 11.7. The topological polar surface area (TPSA) is 59.8 Å². The third-order valence-corrected chi connectivity index (χ3v) is 3.58. The highest BCUT2D eigenvalue weighted by atomic mass is 19.4. The van der Waals surface area contributed by atoms with Crippen LogP contribution in [-0.2, 0) is 17.4 Å². The molecule has 3 aromatic rings. The van der Waals surface area contributed by atoms with Crippen LogP contribution in [0.25, 0.3) is 5.82 Å². The smallest absolute Gasteiger partial charge is 0.310 e. The Bertz CT molecular complexity index is 920. The third kappa shape index (κ3) is 4.08. The molecule has 2 heterocycles. The number of nitrogens with one attached hydrogen (secondary N) is 1. The summed E-state index contributed by atoms with van der Waals surface area (Å²) in [6.45, 7) is 1.77. The number of carbonyl (C=O) groups is 1. The van der Waals surface area contributed by atoms with Crippen LogP contribution in [0.2, 0.25) is 0 Å². The molecule has 3 rings (SSSR count). The fourth-order valence-corrected chi connectivity index (χ4v) is 2.47. The molecule has 0 aliphatic rings. The Morgan fingerprint density at radius 1 is 1.15 bits per heavy atom. The Morgan fingerprint density at radius 3 is 2.65 bits per heavy atom. The lowest BCUT2D eigenvalue weighted by Gasteiger charge is -2.10. The zero-order valence-corrected chi connectivity index (χ0v) is 13.8. The molecule has 0 atom stereocenters. The first-order chi connectivity index (χ1) is 12.3. The molecule has 5 nitrogen and oxygen atoms in total. The number of carbonyl (C=O) groups excluding carboxylic acids is 1. The largest absolute Gasteiger partial charge is 0.416 e. The SMILES string of the molecule is Cc1cc(NC(=O)Cc2cccc(C(F)(F)F)c2)n(-c2ccccn2)n1. The van der Waals surface area contributed by atoms with Crippen LogP contribution in [0.4, 0.5) is 19.0 Å². The van der Waals surface area contributed by atoms with Crippen LogP contribution < -0.4 is 5.32 Å². The Labute approximate surface area is 147 Å². The van der Waals surface area contributed by atoms with E-state index >= 15 is 0 Å². The lowest BCUT2D eigenvalue weighted by atomic mass is 10.1. The number of aromatic nitrogens is 3. The molecule has 1 aromatic carbocycles. The standard InChI is InChI=1S/C18H15F3N4O/c1-12-9-16(25(24-12)15-7-2-3-8-22-15)23-17(26)11-13-5-4-6-14(10-13)18(19,20)21/h2-10H,11H2,1H3,(H,23,26). The zero-order valence-electron chi connectivity index (χ0n) is 13.8. The van der Waals surface area contributed by atoms with E-state index in [1.165, 1.54) is 16.8 Å². The van der Waals surface area contributed by atoms with E-state index in [4.69, 9.17) is 0 Å². The lowest BCUT2D eigenvalue weighted by Crippen LogP contribution is -2.18. The molecule has 0 saturated heterocycles. The van der Waals surface area contributed by atoms with Crippen LogP contribution in [-0.4, -0.2) is 20.7 Å². The number of aryl methyl sites for hydroxylation is 1. The van der Waals surface area contributed by atoms with Gasteiger partial charge in [-0.05, 0) is 30.7 Å². The highest BCUT2D eigenvalue weighted by molar-refractivity contribution is 5.91. The Kier molecular flexibility index (Phi) is 4.75. The van der Waals surface area contributed by atoms with E-state index < -0.39 is 17.6 Å². The maximum atomic E-state index is 12.8. The molecule has 1 amide bonds. The van der Waals surface area contributed by atoms with E-state index in [0.29, 0.717) is 17.3 Å². The predicted molar refractivity (Wildman–Crippen MR) is 89.9 cm³/mol. The van der Waals surface area contributed by atoms with Crippen molar-refractivity contribution in [2.45, 2.75) is 19.5 Å². The molecule has 0 fully saturated rings. The summed E-state index contributed by atoms with van der Waals surface area (Å²) in [4.78, 5) is 16.5. The average molecular weight is 360 g/mol. The minimum absolute atomic E-state index is 0.184. The van der Waals surface area contributed by atoms with Gasteiger partial charge in [0.25, 0.3) is 0 Å². The monoisotopic (exact) mass is 360 g/mol. The lowest BCUT2D eigenvalue weighted by molar-refractivity contribution is -0.137. The van der Waals surface area contributed by atoms with Crippen LogP contribution in [0.3, 0.4) is 0 Å². The summed E-state index contributed by atoms with van der Waals surface area (Å²) in [7, 11) is 0. The van der Waals surface area contributed by atoms with E-state index in [-0.39, 0.29) is 12.0 Å². The summed E-state index contributed by atoms with van der Waals surface area (Å²) in [5, 5.41) is 6.95. The summed E-state index contributed by atoms with van der Waals surface area (Å²) in [5.74, 6) is 0.481. The van der Waals surface area contributed by atoms with Crippen molar-refractivity contribution < 1.29 is 18.0 Å². The van der Waals surface area contributed by atoms with Gasteiger partial charge < -0.3 is 5.32 Å². The van der Waals surface area contributed by atoms with Crippen LogP contribution >= 0.6 is 0 Å². The number of hydrogen-bond acceptors (Lipinski definition) is 3. The molecular formula is C18H15F3N4O. The van der Waals surface area contributed by atoms with Gasteiger partial charge in [-0.2, -0.15) is 23.0 Å². The first-order valence-electron chi connectivity index (χ1n) is 7.77. The number of amides is 1. The van der Waals surface area contributed by atoms with E-state index in [1.54, 1.807) is 37.4 Å². The van der Waals surface area contributed by atoms with Crippen LogP contribution in [0.1, 0.15) is 16.8 Å². The van der Waals surface area contributed by atoms with E-state index in [0.717, 1.165) is 12.1 Å². The Morgan fingerprint density at radius 2 is 1.96 bits per heavy atom. The molecule has 2 aromatic heterocycles. The number of pyridine rings is 1. The maximum Gasteiger partial charge on any atom is 0.416 e. The molecule has 0 bridgehead atoms. The number of anilines is 1. The van der Waals surface area contributed by atoms with Crippen LogP contribution in [0, 0.1) is 6.92 Å². The number of benzene rings is 1. The summed E-state index contributed by atoms with van der Waals surface area (Å²) in [5.41, 5.74) is 0.167. The molecule has 0 saturated carbocycles. The maximum absolute atomic E-state index is 12.8. The molecule has 0 aliphatic carbocycles. The fraction of sp³-hybridized carbons (Fsp3) is 0.167. The van der Waals surface area contributed by atoms with Crippen LogP contribution in [0.15, 0.2) is 54.7 Å². The second-order valence-electron chi connectivity index (χ2n) is 5.69. The highest BCUT2D eigenvalue weighted by Gasteiger charge is 2.30. The normalized spacial score (nSPS) is 11.4. The molecule has 0 spiro atoms. The van der Waals surface area contributed by atoms with Gasteiger partial charge in [0.2, 0.25) is 5.91 Å². The summed E-state index contributed by atoms with van der Waals surface area (Å²) in [6.07, 6.45) is -3.03. The van der Waals surface area contributed by atoms with Crippen molar-refractivity contribution in [3.8, 4) is 5.82 Å². The van der Waals surface area contributed by atoms with Gasteiger partial charge in [0, 0.05) is 12.3 Å². The molecule has 0 unspecified atom stereocenters. The molecule has 0 radical (unpaired) electrons. The quantitative estimate of drug-likeness (QED) is 0.770. The summed E-state index contributed by atoms with van der Waals surface area (Å²) >= 11 is 0. The van der Waals surface area contributed by atoms with Gasteiger partial charge >= 0.3 is 6.18 Å². The molecular weight excluding hydrogens is 345 g/mol. The van der Waals surface area contributed by atoms with E-state index in [9.17, 15) is 18.0 Å². The molecule has 26 heavy (non-hydrogen) atoms. The first kappa shape index (κ1) is 17.7. The highest BCUT2D eigenvalue weighted by Crippen LogP contribution is 2.29. The fourth-order valence-electron chi connectivity index (χ4n) is 2.47. The van der Waals surface area contributed by atoms with Gasteiger partial charge in [0.05, 0.1) is 17.7 Å². The van der Waals surface area contributed by atoms with Crippen molar-refractivity contribution in [1.29, 1.82) is 0 Å². The number of alkyl halides is 3. The number of rotatable bonds is 4. The minimum Gasteiger partial charge on any atom is -0.310 e. The summed E-state index contributed by atoms with van der Waals surface area (Å²) < 4.78 is 39.8. The van der Waals surface area contributed by atoms with Gasteiger partial charge in [-0.25, -0.2) is 4.98 Å². The molecule has 8 heteroatoms. The van der Waals surface area contributed by atoms with Crippen molar-refractivity contribution in [3.05, 3.63) is 71.5 Å². The molecule has 1 N–H and O–H groups in total. The number of halogens is 3. The van der Waals surface area contributed by atoms with Gasteiger partial charge in [-0.1, -0.05) is 24.3 Å². The predicted octanol–water partition coefficient (Wildman–Crippen LogP) is 3.78. The first-order valence-corrected chi connectivity index (χ1v) is 7.77. The molecule has 0 aliphatic heterocycles. The second-order valence-corrected chi connectivity index (χ2v) is 5.69. The minimum atomic E-state index is -4.44. The van der Waals surface area contributed by atoms with Crippen molar-refractivity contribution in [3.63, 3.8) is 0 Å². The van der Waals surface area contributed by atoms with Crippen molar-refractivity contribution >= 4 is 11.7 Å². The van der Waals surface area contributed by atoms with Gasteiger partial charge in [-0.15, -0.1) is 0 Å². The zero-order chi connectivity index (χ0) is 18.7. The molecule has 134 valence electrons. The third-order valence-electron chi connectivity index (χ3n) is 3.58.